The Bertz CT molecular complexity index is 683. The third-order valence-electron chi connectivity index (χ3n) is 3.25. The third kappa shape index (κ3) is 2.35. The zero-order valence-electron chi connectivity index (χ0n) is 10.8. The second-order valence-electron chi connectivity index (χ2n) is 4.75. The lowest BCUT2D eigenvalue weighted by Crippen LogP contribution is -2.35. The number of anilines is 3. The van der Waals surface area contributed by atoms with Crippen LogP contribution in [0, 0.1) is 6.92 Å². The van der Waals surface area contributed by atoms with Crippen LogP contribution in [-0.4, -0.2) is 12.5 Å². The van der Waals surface area contributed by atoms with E-state index in [9.17, 15) is 4.79 Å². The Labute approximate surface area is 127 Å². The van der Waals surface area contributed by atoms with E-state index in [1.807, 2.05) is 36.1 Å². The minimum absolute atomic E-state index is 0.0727. The fourth-order valence-corrected chi connectivity index (χ4v) is 2.55. The average molecular weight is 307 g/mol. The number of rotatable bonds is 1. The molecule has 0 radical (unpaired) electrons. The van der Waals surface area contributed by atoms with Crippen LogP contribution in [0.15, 0.2) is 36.4 Å². The van der Waals surface area contributed by atoms with Gasteiger partial charge in [-0.25, -0.2) is 0 Å². The average Bonchev–Trinajstić information content (AvgIpc) is 2.41. The van der Waals surface area contributed by atoms with Gasteiger partial charge in [0.15, 0.2) is 0 Å². The molecule has 3 nitrogen and oxygen atoms in total. The van der Waals surface area contributed by atoms with Crippen molar-refractivity contribution in [3.63, 3.8) is 0 Å². The first-order valence-electron chi connectivity index (χ1n) is 6.18. The van der Waals surface area contributed by atoms with Crippen molar-refractivity contribution in [2.75, 3.05) is 16.8 Å². The smallest absolute Gasteiger partial charge is 0.244 e. The number of amides is 1. The van der Waals surface area contributed by atoms with Gasteiger partial charge in [0.2, 0.25) is 5.91 Å². The molecule has 5 heteroatoms. The van der Waals surface area contributed by atoms with Crippen molar-refractivity contribution in [3.05, 3.63) is 52.0 Å². The van der Waals surface area contributed by atoms with Crippen molar-refractivity contribution in [2.24, 2.45) is 0 Å². The summed E-state index contributed by atoms with van der Waals surface area (Å²) in [5, 5.41) is 3.71. The Balaban J connectivity index is 2.12. The van der Waals surface area contributed by atoms with E-state index in [1.54, 1.807) is 12.1 Å². The molecule has 0 unspecified atom stereocenters. The Morgan fingerprint density at radius 1 is 1.10 bits per heavy atom. The first-order valence-corrected chi connectivity index (χ1v) is 6.93. The molecular weight excluding hydrogens is 295 g/mol. The molecule has 20 heavy (non-hydrogen) atoms. The van der Waals surface area contributed by atoms with Gasteiger partial charge in [-0.1, -0.05) is 40.9 Å². The van der Waals surface area contributed by atoms with E-state index in [2.05, 4.69) is 5.32 Å². The predicted octanol–water partition coefficient (Wildman–Crippen LogP) is 4.39. The van der Waals surface area contributed by atoms with Gasteiger partial charge in [0.1, 0.15) is 6.54 Å². The molecule has 102 valence electrons. The van der Waals surface area contributed by atoms with E-state index in [1.165, 1.54) is 5.56 Å². The van der Waals surface area contributed by atoms with Gasteiger partial charge in [0.05, 0.1) is 21.4 Å². The van der Waals surface area contributed by atoms with Crippen molar-refractivity contribution >= 4 is 46.2 Å². The van der Waals surface area contributed by atoms with Crippen LogP contribution < -0.4 is 10.2 Å². The molecule has 0 aromatic heterocycles. The van der Waals surface area contributed by atoms with Gasteiger partial charge in [-0.2, -0.15) is 0 Å². The van der Waals surface area contributed by atoms with E-state index >= 15 is 0 Å². The maximum absolute atomic E-state index is 11.8. The van der Waals surface area contributed by atoms with Crippen LogP contribution in [0.1, 0.15) is 5.56 Å². The molecule has 0 saturated heterocycles. The Morgan fingerprint density at radius 3 is 2.45 bits per heavy atom. The highest BCUT2D eigenvalue weighted by atomic mass is 35.5. The minimum atomic E-state index is -0.0727. The highest BCUT2D eigenvalue weighted by Crippen LogP contribution is 2.40. The summed E-state index contributed by atoms with van der Waals surface area (Å²) in [7, 11) is 0. The number of hydrogen-bond acceptors (Lipinski definition) is 2. The van der Waals surface area contributed by atoms with Crippen molar-refractivity contribution in [1.82, 2.24) is 0 Å². The highest BCUT2D eigenvalue weighted by molar-refractivity contribution is 6.42. The number of nitrogens with zero attached hydrogens (tertiary/aromatic N) is 1. The predicted molar refractivity (Wildman–Crippen MR) is 83.3 cm³/mol. The van der Waals surface area contributed by atoms with Gasteiger partial charge in [-0.05, 0) is 31.2 Å². The van der Waals surface area contributed by atoms with Crippen molar-refractivity contribution in [2.45, 2.75) is 6.92 Å². The number of fused-ring (bicyclic) bond motifs is 1. The fraction of sp³-hybridized carbons (Fsp3) is 0.133. The molecular formula is C15H12Cl2N2O. The lowest BCUT2D eigenvalue weighted by molar-refractivity contribution is -0.115. The first kappa shape index (κ1) is 13.3. The number of carbonyl (C=O) groups is 1. The SMILES string of the molecule is Cc1ccc(N2CC(=O)Nc3cc(Cl)c(Cl)cc32)cc1. The van der Waals surface area contributed by atoms with E-state index in [0.29, 0.717) is 15.7 Å². The molecule has 0 spiro atoms. The second kappa shape index (κ2) is 5.00. The molecule has 1 amide bonds. The van der Waals surface area contributed by atoms with E-state index in [4.69, 9.17) is 23.2 Å². The molecule has 0 atom stereocenters. The van der Waals surface area contributed by atoms with Gasteiger partial charge < -0.3 is 10.2 Å². The molecule has 1 heterocycles. The van der Waals surface area contributed by atoms with Crippen LogP contribution >= 0.6 is 23.2 Å². The topological polar surface area (TPSA) is 32.3 Å². The van der Waals surface area contributed by atoms with Crippen molar-refractivity contribution in [1.29, 1.82) is 0 Å². The number of halogens is 2. The quantitative estimate of drug-likeness (QED) is 0.847. The monoisotopic (exact) mass is 306 g/mol. The van der Waals surface area contributed by atoms with Gasteiger partial charge in [0.25, 0.3) is 0 Å². The molecule has 0 bridgehead atoms. The van der Waals surface area contributed by atoms with E-state index in [-0.39, 0.29) is 12.5 Å². The molecule has 2 aromatic carbocycles. The third-order valence-corrected chi connectivity index (χ3v) is 3.97. The summed E-state index contributed by atoms with van der Waals surface area (Å²) in [4.78, 5) is 13.8. The Morgan fingerprint density at radius 2 is 1.75 bits per heavy atom. The number of benzene rings is 2. The zero-order valence-corrected chi connectivity index (χ0v) is 12.3. The van der Waals surface area contributed by atoms with Crippen LogP contribution in [0.3, 0.4) is 0 Å². The zero-order chi connectivity index (χ0) is 14.3. The fourth-order valence-electron chi connectivity index (χ4n) is 2.23. The largest absolute Gasteiger partial charge is 0.330 e. The molecule has 1 aliphatic rings. The van der Waals surface area contributed by atoms with Crippen LogP contribution in [0.25, 0.3) is 0 Å². The molecule has 1 aliphatic heterocycles. The minimum Gasteiger partial charge on any atom is -0.330 e. The Hall–Kier alpha value is -1.71. The van der Waals surface area contributed by atoms with Crippen LogP contribution in [0.4, 0.5) is 17.1 Å². The maximum Gasteiger partial charge on any atom is 0.244 e. The summed E-state index contributed by atoms with van der Waals surface area (Å²) in [6, 6.07) is 11.5. The normalized spacial score (nSPS) is 13.9. The second-order valence-corrected chi connectivity index (χ2v) is 5.57. The highest BCUT2D eigenvalue weighted by Gasteiger charge is 2.24. The van der Waals surface area contributed by atoms with Crippen LogP contribution in [0.2, 0.25) is 10.0 Å². The van der Waals surface area contributed by atoms with Gasteiger partial charge in [-0.3, -0.25) is 4.79 Å². The molecule has 0 saturated carbocycles. The number of nitrogens with one attached hydrogen (secondary N) is 1. The molecule has 0 aliphatic carbocycles. The molecule has 0 fully saturated rings. The van der Waals surface area contributed by atoms with Crippen molar-refractivity contribution < 1.29 is 4.79 Å². The molecule has 1 N–H and O–H groups in total. The first-order chi connectivity index (χ1) is 9.54. The van der Waals surface area contributed by atoms with E-state index < -0.39 is 0 Å². The lowest BCUT2D eigenvalue weighted by atomic mass is 10.1. The summed E-state index contributed by atoms with van der Waals surface area (Å²) in [6.07, 6.45) is 0. The molecule has 3 rings (SSSR count). The van der Waals surface area contributed by atoms with E-state index in [0.717, 1.165) is 11.4 Å². The van der Waals surface area contributed by atoms with Crippen molar-refractivity contribution in [3.8, 4) is 0 Å². The molecule has 2 aromatic rings. The number of hydrogen-bond donors (Lipinski definition) is 1. The van der Waals surface area contributed by atoms with Gasteiger partial charge in [0, 0.05) is 5.69 Å². The summed E-state index contributed by atoms with van der Waals surface area (Å²) < 4.78 is 0. The van der Waals surface area contributed by atoms with Crippen LogP contribution in [-0.2, 0) is 4.79 Å². The number of aryl methyl sites for hydroxylation is 1. The summed E-state index contributed by atoms with van der Waals surface area (Å²) in [5.74, 6) is -0.0727. The van der Waals surface area contributed by atoms with Gasteiger partial charge in [-0.15, -0.1) is 0 Å². The summed E-state index contributed by atoms with van der Waals surface area (Å²) in [5.41, 5.74) is 3.65. The standard InChI is InChI=1S/C15H12Cl2N2O/c1-9-2-4-10(5-3-9)19-8-15(20)18-13-6-11(16)12(17)7-14(13)19/h2-7H,8H2,1H3,(H,18,20). The van der Waals surface area contributed by atoms with Gasteiger partial charge >= 0.3 is 0 Å². The summed E-state index contributed by atoms with van der Waals surface area (Å²) in [6.45, 7) is 2.28. The summed E-state index contributed by atoms with van der Waals surface area (Å²) >= 11 is 12.1. The van der Waals surface area contributed by atoms with Crippen LogP contribution in [0.5, 0.6) is 0 Å². The Kier molecular flexibility index (Phi) is 3.32. The maximum atomic E-state index is 11.8. The number of carbonyl (C=O) groups excluding carboxylic acids is 1. The lowest BCUT2D eigenvalue weighted by Gasteiger charge is -2.31.